The minimum atomic E-state index is -0.397. The number of nitro groups is 1. The number of hydrogen-bond acceptors (Lipinski definition) is 5. The number of carbonyl (C=O) groups excluding carboxylic acids is 2. The zero-order valence-corrected chi connectivity index (χ0v) is 20.2. The minimum absolute atomic E-state index is 0.0636. The van der Waals surface area contributed by atoms with E-state index in [1.807, 2.05) is 19.2 Å². The van der Waals surface area contributed by atoms with Gasteiger partial charge >= 0.3 is 0 Å². The Kier molecular flexibility index (Phi) is 5.36. The van der Waals surface area contributed by atoms with E-state index in [9.17, 15) is 19.7 Å². The van der Waals surface area contributed by atoms with Crippen LogP contribution in [0, 0.1) is 10.1 Å². The van der Waals surface area contributed by atoms with E-state index in [0.717, 1.165) is 70.3 Å². The number of nitro benzene ring substituents is 1. The fraction of sp³-hybridized carbons (Fsp3) is 0.310. The molecule has 6 rings (SSSR count). The maximum absolute atomic E-state index is 13.4. The summed E-state index contributed by atoms with van der Waals surface area (Å²) in [5, 5.41) is 12.1. The number of hydrogen-bond donors (Lipinski definition) is 0. The lowest BCUT2D eigenvalue weighted by Crippen LogP contribution is -2.37. The van der Waals surface area contributed by atoms with E-state index in [-0.39, 0.29) is 23.2 Å². The van der Waals surface area contributed by atoms with Crippen LogP contribution < -0.4 is 0 Å². The Hall–Kier alpha value is -4.00. The zero-order valence-electron chi connectivity index (χ0n) is 20.2. The number of carbonyl (C=O) groups is 2. The number of rotatable bonds is 4. The lowest BCUT2D eigenvalue weighted by molar-refractivity contribution is -0.384. The Balaban J connectivity index is 1.52. The van der Waals surface area contributed by atoms with E-state index in [1.165, 1.54) is 12.1 Å². The molecule has 0 fully saturated rings. The molecular formula is C29H27N3O4. The molecule has 1 aliphatic heterocycles. The molecule has 7 heteroatoms. The summed E-state index contributed by atoms with van der Waals surface area (Å²) in [5.41, 5.74) is 6.72. The van der Waals surface area contributed by atoms with E-state index in [1.54, 1.807) is 12.1 Å². The third-order valence-electron chi connectivity index (χ3n) is 7.88. The third kappa shape index (κ3) is 3.49. The molecule has 0 spiro atoms. The Morgan fingerprint density at radius 2 is 1.50 bits per heavy atom. The van der Waals surface area contributed by atoms with Crippen LogP contribution in [0.15, 0.2) is 77.3 Å². The van der Waals surface area contributed by atoms with Gasteiger partial charge in [0.15, 0.2) is 11.6 Å². The molecule has 0 saturated carbocycles. The minimum Gasteiger partial charge on any atom is -0.351 e. The number of nitrogens with zero attached hydrogens (tertiary/aromatic N) is 3. The van der Waals surface area contributed by atoms with Gasteiger partial charge in [-0.15, -0.1) is 0 Å². The first-order valence-electron chi connectivity index (χ1n) is 12.5. The lowest BCUT2D eigenvalue weighted by Gasteiger charge is -2.42. The second-order valence-corrected chi connectivity index (χ2v) is 9.92. The summed E-state index contributed by atoms with van der Waals surface area (Å²) in [7, 11) is 2.01. The van der Waals surface area contributed by atoms with Crippen molar-refractivity contribution in [2.45, 2.75) is 51.0 Å². The average molecular weight is 482 g/mol. The monoisotopic (exact) mass is 481 g/mol. The molecule has 1 aromatic heterocycles. The third-order valence-corrected chi connectivity index (χ3v) is 7.88. The van der Waals surface area contributed by atoms with Gasteiger partial charge < -0.3 is 9.47 Å². The highest BCUT2D eigenvalue weighted by Gasteiger charge is 2.43. The topological polar surface area (TPSA) is 85.4 Å². The molecule has 3 aliphatic rings. The molecule has 7 nitrogen and oxygen atoms in total. The van der Waals surface area contributed by atoms with Gasteiger partial charge in [0.25, 0.3) is 5.69 Å². The largest absolute Gasteiger partial charge is 0.351 e. The van der Waals surface area contributed by atoms with Crippen molar-refractivity contribution < 1.29 is 14.5 Å². The Bertz CT molecular complexity index is 1450. The predicted molar refractivity (Wildman–Crippen MR) is 136 cm³/mol. The van der Waals surface area contributed by atoms with Crippen molar-refractivity contribution in [1.29, 1.82) is 0 Å². The molecule has 2 aromatic carbocycles. The molecule has 0 atom stereocenters. The van der Waals surface area contributed by atoms with Crippen molar-refractivity contribution in [3.63, 3.8) is 0 Å². The van der Waals surface area contributed by atoms with Gasteiger partial charge in [-0.2, -0.15) is 0 Å². The number of non-ortho nitro benzene ring substituents is 1. The number of allylic oxidation sites excluding steroid dienone is 4. The van der Waals surface area contributed by atoms with Gasteiger partial charge in [0, 0.05) is 84.1 Å². The Morgan fingerprint density at radius 3 is 2.11 bits per heavy atom. The number of ketones is 2. The lowest BCUT2D eigenvalue weighted by atomic mass is 9.71. The van der Waals surface area contributed by atoms with Crippen LogP contribution >= 0.6 is 0 Å². The van der Waals surface area contributed by atoms with E-state index in [2.05, 4.69) is 27.8 Å². The molecule has 2 heterocycles. The van der Waals surface area contributed by atoms with Crippen molar-refractivity contribution in [2.75, 3.05) is 7.05 Å². The summed E-state index contributed by atoms with van der Waals surface area (Å²) in [6.07, 6.45) is 6.49. The first kappa shape index (κ1) is 22.5. The summed E-state index contributed by atoms with van der Waals surface area (Å²) < 4.78 is 2.13. The van der Waals surface area contributed by atoms with Crippen molar-refractivity contribution in [3.8, 4) is 0 Å². The molecule has 36 heavy (non-hydrogen) atoms. The molecule has 0 saturated heterocycles. The first-order valence-corrected chi connectivity index (χ1v) is 12.5. The normalized spacial score (nSPS) is 18.6. The molecule has 0 radical (unpaired) electrons. The van der Waals surface area contributed by atoms with Crippen LogP contribution in [0.4, 0.5) is 5.69 Å². The van der Waals surface area contributed by atoms with Crippen LogP contribution in [0.3, 0.4) is 0 Å². The van der Waals surface area contributed by atoms with Crippen LogP contribution in [0.2, 0.25) is 0 Å². The highest BCUT2D eigenvalue weighted by atomic mass is 16.6. The van der Waals surface area contributed by atoms with E-state index in [0.29, 0.717) is 19.4 Å². The van der Waals surface area contributed by atoms with Crippen molar-refractivity contribution in [3.05, 3.63) is 98.5 Å². The molecule has 182 valence electrons. The van der Waals surface area contributed by atoms with Gasteiger partial charge in [-0.25, -0.2) is 0 Å². The standard InChI is InChI=1S/C29H27N3O4/c1-30-23-8-4-10-25(33)28(23)27(29-24(30)9-5-11-26(29)34)21-17-31(22-7-3-2-6-20(21)22)16-18-12-14-19(15-13-18)32(35)36/h2-3,6-7,12-15,17,27H,4-5,8-11,16H2,1H3. The van der Waals surface area contributed by atoms with Gasteiger partial charge in [0.1, 0.15) is 0 Å². The Morgan fingerprint density at radius 1 is 0.889 bits per heavy atom. The van der Waals surface area contributed by atoms with Crippen molar-refractivity contribution in [1.82, 2.24) is 9.47 Å². The predicted octanol–water partition coefficient (Wildman–Crippen LogP) is 5.64. The molecule has 2 aliphatic carbocycles. The quantitative estimate of drug-likeness (QED) is 0.356. The number of para-hydroxylation sites is 1. The first-order chi connectivity index (χ1) is 17.4. The second-order valence-electron chi connectivity index (χ2n) is 9.92. The van der Waals surface area contributed by atoms with E-state index >= 15 is 0 Å². The van der Waals surface area contributed by atoms with Crippen LogP contribution in [-0.4, -0.2) is 33.0 Å². The number of benzene rings is 2. The molecule has 3 aromatic rings. The number of Topliss-reactive ketones (excluding diaryl/α,β-unsaturated/α-hetero) is 2. The molecule has 0 amide bonds. The van der Waals surface area contributed by atoms with Gasteiger partial charge in [0.05, 0.1) is 4.92 Å². The number of aromatic nitrogens is 1. The van der Waals surface area contributed by atoms with Crippen LogP contribution in [0.25, 0.3) is 10.9 Å². The van der Waals surface area contributed by atoms with E-state index < -0.39 is 4.92 Å². The van der Waals surface area contributed by atoms with Gasteiger partial charge in [-0.05, 0) is 42.9 Å². The smallest absolute Gasteiger partial charge is 0.269 e. The SMILES string of the molecule is CN1C2=C(C(=O)CCC2)C(c2cn(Cc3ccc([N+](=O)[O-])cc3)c3ccccc23)C2=C1CCCC2=O. The zero-order chi connectivity index (χ0) is 25.0. The van der Waals surface area contributed by atoms with Gasteiger partial charge in [-0.1, -0.05) is 30.3 Å². The molecular weight excluding hydrogens is 454 g/mol. The van der Waals surface area contributed by atoms with Crippen molar-refractivity contribution >= 4 is 28.2 Å². The average Bonchev–Trinajstić information content (AvgIpc) is 3.23. The molecule has 0 bridgehead atoms. The van der Waals surface area contributed by atoms with Gasteiger partial charge in [-0.3, -0.25) is 19.7 Å². The van der Waals surface area contributed by atoms with Crippen LogP contribution in [0.1, 0.15) is 55.6 Å². The van der Waals surface area contributed by atoms with E-state index in [4.69, 9.17) is 0 Å². The highest BCUT2D eigenvalue weighted by molar-refractivity contribution is 6.07. The Labute approximate surface area is 208 Å². The summed E-state index contributed by atoms with van der Waals surface area (Å²) >= 11 is 0. The summed E-state index contributed by atoms with van der Waals surface area (Å²) in [4.78, 5) is 39.6. The summed E-state index contributed by atoms with van der Waals surface area (Å²) in [5.74, 6) is -0.0646. The maximum atomic E-state index is 13.4. The highest BCUT2D eigenvalue weighted by Crippen LogP contribution is 2.50. The number of fused-ring (bicyclic) bond motifs is 1. The van der Waals surface area contributed by atoms with Crippen LogP contribution in [0.5, 0.6) is 0 Å². The fourth-order valence-electron chi connectivity index (χ4n) is 6.22. The molecule has 0 N–H and O–H groups in total. The summed E-state index contributed by atoms with van der Waals surface area (Å²) in [6, 6.07) is 14.7. The fourth-order valence-corrected chi connectivity index (χ4v) is 6.22. The second kappa shape index (κ2) is 8.59. The summed E-state index contributed by atoms with van der Waals surface area (Å²) in [6.45, 7) is 0.533. The van der Waals surface area contributed by atoms with Crippen molar-refractivity contribution in [2.24, 2.45) is 0 Å². The maximum Gasteiger partial charge on any atom is 0.269 e. The van der Waals surface area contributed by atoms with Crippen LogP contribution in [-0.2, 0) is 16.1 Å². The molecule has 0 unspecified atom stereocenters. The van der Waals surface area contributed by atoms with Gasteiger partial charge in [0.2, 0.25) is 0 Å².